The van der Waals surface area contributed by atoms with E-state index in [4.69, 9.17) is 0 Å². The molecule has 0 saturated heterocycles. The second kappa shape index (κ2) is 6.53. The Labute approximate surface area is 74.2 Å². The van der Waals surface area contributed by atoms with E-state index in [-0.39, 0.29) is 11.2 Å². The Hall–Kier alpha value is -0.180. The van der Waals surface area contributed by atoms with Crippen LogP contribution in [-0.4, -0.2) is 17.7 Å². The van der Waals surface area contributed by atoms with E-state index >= 15 is 0 Å². The first-order valence-corrected chi connectivity index (χ1v) is 4.63. The van der Waals surface area contributed by atoms with Gasteiger partial charge in [-0.25, -0.2) is 0 Å². The maximum Gasteiger partial charge on any atom is 0.220 e. The van der Waals surface area contributed by atoms with E-state index in [1.165, 1.54) is 0 Å². The monoisotopic (exact) mass is 175 g/mol. The summed E-state index contributed by atoms with van der Waals surface area (Å²) in [6.45, 7) is 4.71. The Kier molecular flexibility index (Phi) is 6.42. The smallest absolute Gasteiger partial charge is 0.220 e. The molecule has 0 aliphatic rings. The van der Waals surface area contributed by atoms with Gasteiger partial charge in [-0.1, -0.05) is 20.3 Å². The highest BCUT2D eigenvalue weighted by Crippen LogP contribution is 1.94. The Balaban J connectivity index is 3.23. The van der Waals surface area contributed by atoms with Crippen molar-refractivity contribution in [2.75, 3.05) is 6.54 Å². The Morgan fingerprint density at radius 3 is 2.73 bits per heavy atom. The fourth-order valence-corrected chi connectivity index (χ4v) is 0.779. The van der Waals surface area contributed by atoms with E-state index in [0.29, 0.717) is 13.0 Å². The third-order valence-corrected chi connectivity index (χ3v) is 1.53. The van der Waals surface area contributed by atoms with Crippen molar-refractivity contribution in [1.29, 1.82) is 0 Å². The molecule has 0 aromatic carbocycles. The third-order valence-electron chi connectivity index (χ3n) is 1.35. The summed E-state index contributed by atoms with van der Waals surface area (Å²) in [6.07, 6.45) is 2.70. The second-order valence-electron chi connectivity index (χ2n) is 2.76. The summed E-state index contributed by atoms with van der Waals surface area (Å²) in [5.41, 5.74) is 0. The van der Waals surface area contributed by atoms with Crippen molar-refractivity contribution in [3.05, 3.63) is 0 Å². The topological polar surface area (TPSA) is 29.1 Å². The van der Waals surface area contributed by atoms with Gasteiger partial charge in [0.25, 0.3) is 0 Å². The molecule has 0 aromatic rings. The van der Waals surface area contributed by atoms with Gasteiger partial charge in [-0.15, -0.1) is 0 Å². The molecule has 0 aromatic heterocycles. The van der Waals surface area contributed by atoms with Crippen molar-refractivity contribution < 1.29 is 4.79 Å². The average molecular weight is 175 g/mol. The third kappa shape index (κ3) is 7.72. The first-order chi connectivity index (χ1) is 5.16. The number of carbonyl (C=O) groups excluding carboxylic acids is 1. The molecular formula is C8H17NOS. The van der Waals surface area contributed by atoms with E-state index < -0.39 is 0 Å². The van der Waals surface area contributed by atoms with Crippen molar-refractivity contribution >= 4 is 18.5 Å². The maximum atomic E-state index is 11.0. The van der Waals surface area contributed by atoms with Crippen LogP contribution in [0.25, 0.3) is 0 Å². The molecule has 0 aliphatic carbocycles. The zero-order valence-corrected chi connectivity index (χ0v) is 8.16. The maximum absolute atomic E-state index is 11.0. The molecule has 1 unspecified atom stereocenters. The Morgan fingerprint density at radius 1 is 1.64 bits per heavy atom. The largest absolute Gasteiger partial charge is 0.355 e. The van der Waals surface area contributed by atoms with Gasteiger partial charge in [0, 0.05) is 18.2 Å². The minimum atomic E-state index is 0.146. The fourth-order valence-electron chi connectivity index (χ4n) is 0.687. The van der Waals surface area contributed by atoms with Crippen LogP contribution in [0.4, 0.5) is 0 Å². The molecule has 0 bridgehead atoms. The van der Waals surface area contributed by atoms with Crippen LogP contribution in [0.5, 0.6) is 0 Å². The quantitative estimate of drug-likeness (QED) is 0.611. The standard InChI is InChI=1S/C8H17NOS/c1-3-4-5-8(10)9-6-7(2)11/h7,11H,3-6H2,1-2H3,(H,9,10). The number of carbonyl (C=O) groups is 1. The fraction of sp³-hybridized carbons (Fsp3) is 0.875. The van der Waals surface area contributed by atoms with Gasteiger partial charge < -0.3 is 5.32 Å². The molecule has 0 saturated carbocycles. The normalized spacial score (nSPS) is 12.6. The van der Waals surface area contributed by atoms with Crippen LogP contribution < -0.4 is 5.32 Å². The minimum Gasteiger partial charge on any atom is -0.355 e. The molecule has 0 fully saturated rings. The van der Waals surface area contributed by atoms with Crippen LogP contribution in [0.2, 0.25) is 0 Å². The highest BCUT2D eigenvalue weighted by atomic mass is 32.1. The lowest BCUT2D eigenvalue weighted by Crippen LogP contribution is -2.28. The summed E-state index contributed by atoms with van der Waals surface area (Å²) >= 11 is 4.15. The molecule has 0 heterocycles. The molecule has 0 aliphatic heterocycles. The highest BCUT2D eigenvalue weighted by Gasteiger charge is 2.00. The van der Waals surface area contributed by atoms with Crippen LogP contribution in [0.1, 0.15) is 33.1 Å². The molecule has 0 spiro atoms. The number of thiol groups is 1. The van der Waals surface area contributed by atoms with Crippen LogP contribution >= 0.6 is 12.6 Å². The number of rotatable bonds is 5. The molecule has 1 N–H and O–H groups in total. The van der Waals surface area contributed by atoms with Crippen LogP contribution in [0.3, 0.4) is 0 Å². The van der Waals surface area contributed by atoms with E-state index in [1.54, 1.807) is 0 Å². The molecule has 0 rings (SSSR count). The lowest BCUT2D eigenvalue weighted by molar-refractivity contribution is -0.121. The minimum absolute atomic E-state index is 0.146. The van der Waals surface area contributed by atoms with E-state index in [2.05, 4.69) is 24.9 Å². The molecular weight excluding hydrogens is 158 g/mol. The molecule has 0 radical (unpaired) electrons. The van der Waals surface area contributed by atoms with E-state index in [0.717, 1.165) is 12.8 Å². The van der Waals surface area contributed by atoms with Gasteiger partial charge in [0.05, 0.1) is 0 Å². The van der Waals surface area contributed by atoms with Crippen molar-refractivity contribution in [2.24, 2.45) is 0 Å². The van der Waals surface area contributed by atoms with Crippen molar-refractivity contribution in [2.45, 2.75) is 38.4 Å². The van der Waals surface area contributed by atoms with Gasteiger partial charge in [0.15, 0.2) is 0 Å². The summed E-state index contributed by atoms with van der Waals surface area (Å²) < 4.78 is 0. The van der Waals surface area contributed by atoms with Crippen LogP contribution in [0.15, 0.2) is 0 Å². The Morgan fingerprint density at radius 2 is 2.27 bits per heavy atom. The van der Waals surface area contributed by atoms with Gasteiger partial charge in [-0.3, -0.25) is 4.79 Å². The first-order valence-electron chi connectivity index (χ1n) is 4.11. The Bertz CT molecular complexity index is 115. The SMILES string of the molecule is CCCCC(=O)NCC(C)S. The predicted molar refractivity (Wildman–Crippen MR) is 51.0 cm³/mol. The lowest BCUT2D eigenvalue weighted by Gasteiger charge is -2.05. The summed E-state index contributed by atoms with van der Waals surface area (Å²) in [5.74, 6) is 0.146. The van der Waals surface area contributed by atoms with Crippen LogP contribution in [0, 0.1) is 0 Å². The van der Waals surface area contributed by atoms with E-state index in [1.807, 2.05) is 6.92 Å². The second-order valence-corrected chi connectivity index (χ2v) is 3.64. The summed E-state index contributed by atoms with van der Waals surface area (Å²) in [4.78, 5) is 11.0. The van der Waals surface area contributed by atoms with Gasteiger partial charge in [-0.05, 0) is 6.42 Å². The average Bonchev–Trinajstić information content (AvgIpc) is 1.97. The van der Waals surface area contributed by atoms with Gasteiger partial charge in [0.1, 0.15) is 0 Å². The molecule has 66 valence electrons. The van der Waals surface area contributed by atoms with E-state index in [9.17, 15) is 4.79 Å². The van der Waals surface area contributed by atoms with Gasteiger partial charge in [0.2, 0.25) is 5.91 Å². The molecule has 3 heteroatoms. The summed E-state index contributed by atoms with van der Waals surface area (Å²) in [5, 5.41) is 3.05. The zero-order valence-electron chi connectivity index (χ0n) is 7.26. The molecule has 1 amide bonds. The van der Waals surface area contributed by atoms with Gasteiger partial charge in [-0.2, -0.15) is 12.6 Å². The summed E-state index contributed by atoms with van der Waals surface area (Å²) in [7, 11) is 0. The number of unbranched alkanes of at least 4 members (excludes halogenated alkanes) is 1. The van der Waals surface area contributed by atoms with Gasteiger partial charge >= 0.3 is 0 Å². The van der Waals surface area contributed by atoms with Crippen LogP contribution in [-0.2, 0) is 4.79 Å². The number of hydrogen-bond donors (Lipinski definition) is 2. The highest BCUT2D eigenvalue weighted by molar-refractivity contribution is 7.80. The first kappa shape index (κ1) is 10.8. The zero-order chi connectivity index (χ0) is 8.69. The van der Waals surface area contributed by atoms with Crippen molar-refractivity contribution in [1.82, 2.24) is 5.32 Å². The summed E-state index contributed by atoms with van der Waals surface area (Å²) in [6, 6.07) is 0. The number of amides is 1. The van der Waals surface area contributed by atoms with Crippen molar-refractivity contribution in [3.63, 3.8) is 0 Å². The molecule has 11 heavy (non-hydrogen) atoms. The number of nitrogens with one attached hydrogen (secondary N) is 1. The predicted octanol–water partition coefficient (Wildman–Crippen LogP) is 1.61. The number of hydrogen-bond acceptors (Lipinski definition) is 2. The van der Waals surface area contributed by atoms with Crippen molar-refractivity contribution in [3.8, 4) is 0 Å². The lowest BCUT2D eigenvalue weighted by atomic mass is 10.2. The molecule has 1 atom stereocenters. The molecule has 2 nitrogen and oxygen atoms in total.